The van der Waals surface area contributed by atoms with Crippen molar-refractivity contribution in [3.8, 4) is 0 Å². The molecule has 0 radical (unpaired) electrons. The number of nitrogens with one attached hydrogen (secondary N) is 1. The van der Waals surface area contributed by atoms with Crippen LogP contribution < -0.4 is 5.32 Å². The van der Waals surface area contributed by atoms with E-state index in [9.17, 15) is 9.90 Å². The van der Waals surface area contributed by atoms with Crippen LogP contribution in [0.3, 0.4) is 0 Å². The van der Waals surface area contributed by atoms with E-state index in [4.69, 9.17) is 10.2 Å². The Morgan fingerprint density at radius 1 is 0.808 bits per heavy atom. The van der Waals surface area contributed by atoms with E-state index in [2.05, 4.69) is 12.2 Å². The maximum Gasteiger partial charge on any atom is 0.323 e. The molecule has 0 amide bonds. The molecule has 0 fully saturated rings. The van der Waals surface area contributed by atoms with Gasteiger partial charge in [-0.25, -0.2) is 0 Å². The summed E-state index contributed by atoms with van der Waals surface area (Å²) in [6.45, 7) is 3.74. The zero-order chi connectivity index (χ0) is 19.7. The van der Waals surface area contributed by atoms with Crippen molar-refractivity contribution >= 4 is 5.97 Å². The lowest BCUT2D eigenvalue weighted by atomic mass is 9.93. The van der Waals surface area contributed by atoms with E-state index in [1.165, 1.54) is 70.6 Å². The van der Waals surface area contributed by atoms with Crippen molar-refractivity contribution < 1.29 is 20.1 Å². The Morgan fingerprint density at radius 3 is 1.54 bits per heavy atom. The van der Waals surface area contributed by atoms with Gasteiger partial charge in [-0.3, -0.25) is 10.1 Å². The molecule has 0 aliphatic carbocycles. The molecule has 156 valence electrons. The van der Waals surface area contributed by atoms with Gasteiger partial charge in [-0.15, -0.1) is 0 Å². The largest absolute Gasteiger partial charge is 0.480 e. The number of carbonyl (C=O) groups is 1. The average molecular weight is 374 g/mol. The van der Waals surface area contributed by atoms with Crippen molar-refractivity contribution in [2.24, 2.45) is 0 Å². The first-order valence-corrected chi connectivity index (χ1v) is 10.8. The summed E-state index contributed by atoms with van der Waals surface area (Å²) in [5.41, 5.74) is -1.08. The fourth-order valence-corrected chi connectivity index (χ4v) is 3.26. The van der Waals surface area contributed by atoms with E-state index < -0.39 is 17.8 Å². The van der Waals surface area contributed by atoms with Crippen LogP contribution in [0.1, 0.15) is 110 Å². The van der Waals surface area contributed by atoms with Gasteiger partial charge >= 0.3 is 5.97 Å². The van der Waals surface area contributed by atoms with Crippen LogP contribution in [-0.2, 0) is 4.79 Å². The van der Waals surface area contributed by atoms with Crippen LogP contribution >= 0.6 is 0 Å². The van der Waals surface area contributed by atoms with Crippen LogP contribution in [0, 0.1) is 0 Å². The third-order valence-corrected chi connectivity index (χ3v) is 5.18. The SMILES string of the molecule is CCCCCCCCCCCCCCCCC(C)(NCC(O)O)C(=O)O. The number of hydrogen-bond acceptors (Lipinski definition) is 4. The first-order chi connectivity index (χ1) is 12.4. The molecular weight excluding hydrogens is 330 g/mol. The summed E-state index contributed by atoms with van der Waals surface area (Å²) in [6.07, 6.45) is 16.8. The summed E-state index contributed by atoms with van der Waals surface area (Å²) in [5, 5.41) is 29.8. The predicted molar refractivity (Wildman–Crippen MR) is 107 cm³/mol. The first-order valence-electron chi connectivity index (χ1n) is 10.8. The van der Waals surface area contributed by atoms with Crippen molar-refractivity contribution in [1.82, 2.24) is 5.32 Å². The van der Waals surface area contributed by atoms with Crippen molar-refractivity contribution in [3.63, 3.8) is 0 Å². The molecule has 0 heterocycles. The van der Waals surface area contributed by atoms with E-state index in [-0.39, 0.29) is 6.54 Å². The van der Waals surface area contributed by atoms with Gasteiger partial charge in [0, 0.05) is 6.54 Å². The normalized spacial score (nSPS) is 13.9. The highest BCUT2D eigenvalue weighted by atomic mass is 16.5. The number of carboxylic acid groups (broad SMARTS) is 1. The number of hydrogen-bond donors (Lipinski definition) is 4. The molecule has 0 aliphatic heterocycles. The second-order valence-corrected chi connectivity index (χ2v) is 7.84. The Balaban J connectivity index is 3.49. The summed E-state index contributed by atoms with van der Waals surface area (Å²) >= 11 is 0. The second-order valence-electron chi connectivity index (χ2n) is 7.84. The number of aliphatic hydroxyl groups is 2. The van der Waals surface area contributed by atoms with Gasteiger partial charge in [-0.2, -0.15) is 0 Å². The molecule has 1 atom stereocenters. The number of unbranched alkanes of at least 4 members (excludes halogenated alkanes) is 13. The fourth-order valence-electron chi connectivity index (χ4n) is 3.26. The average Bonchev–Trinajstić information content (AvgIpc) is 2.60. The van der Waals surface area contributed by atoms with Crippen molar-refractivity contribution in [2.45, 2.75) is 122 Å². The minimum atomic E-state index is -1.52. The standard InChI is InChI=1S/C21H43NO4/c1-3-4-5-6-7-8-9-10-11-12-13-14-15-16-17-21(2,20(25)26)22-18-19(23)24/h19,22-24H,3-18H2,1-2H3,(H,25,26). The van der Waals surface area contributed by atoms with Crippen molar-refractivity contribution in [3.05, 3.63) is 0 Å². The van der Waals surface area contributed by atoms with Gasteiger partial charge in [-0.05, 0) is 13.3 Å². The van der Waals surface area contributed by atoms with Gasteiger partial charge in [0.1, 0.15) is 5.54 Å². The molecule has 5 heteroatoms. The van der Waals surface area contributed by atoms with Gasteiger partial charge in [0.15, 0.2) is 6.29 Å². The van der Waals surface area contributed by atoms with Gasteiger partial charge < -0.3 is 15.3 Å². The Morgan fingerprint density at radius 2 is 1.19 bits per heavy atom. The van der Waals surface area contributed by atoms with Gasteiger partial charge in [-0.1, -0.05) is 96.8 Å². The second kappa shape index (κ2) is 16.5. The molecule has 0 spiro atoms. The van der Waals surface area contributed by atoms with E-state index >= 15 is 0 Å². The van der Waals surface area contributed by atoms with Crippen LogP contribution in [-0.4, -0.2) is 39.7 Å². The maximum absolute atomic E-state index is 11.4. The quantitative estimate of drug-likeness (QED) is 0.196. The summed E-state index contributed by atoms with van der Waals surface area (Å²) in [4.78, 5) is 11.4. The number of rotatable bonds is 19. The molecule has 0 aliphatic rings. The van der Waals surface area contributed by atoms with E-state index in [1.807, 2.05) is 0 Å². The van der Waals surface area contributed by atoms with Crippen LogP contribution in [0.4, 0.5) is 0 Å². The Kier molecular flexibility index (Phi) is 16.1. The molecule has 0 aromatic heterocycles. The summed E-state index contributed by atoms with van der Waals surface area (Å²) in [7, 11) is 0. The summed E-state index contributed by atoms with van der Waals surface area (Å²) in [5.74, 6) is -0.937. The predicted octanol–water partition coefficient (Wildman–Crippen LogP) is 4.60. The number of aliphatic hydroxyl groups excluding tert-OH is 1. The molecule has 0 saturated heterocycles. The third kappa shape index (κ3) is 14.5. The third-order valence-electron chi connectivity index (χ3n) is 5.18. The first kappa shape index (κ1) is 25.4. The topological polar surface area (TPSA) is 89.8 Å². The number of aliphatic carboxylic acids is 1. The Hall–Kier alpha value is -0.650. The van der Waals surface area contributed by atoms with Crippen LogP contribution in [0.2, 0.25) is 0 Å². The fraction of sp³-hybridized carbons (Fsp3) is 0.952. The monoisotopic (exact) mass is 373 g/mol. The zero-order valence-corrected chi connectivity index (χ0v) is 17.1. The maximum atomic E-state index is 11.4. The van der Waals surface area contributed by atoms with Crippen LogP contribution in [0.15, 0.2) is 0 Å². The highest BCUT2D eigenvalue weighted by Gasteiger charge is 2.32. The van der Waals surface area contributed by atoms with Gasteiger partial charge in [0.25, 0.3) is 0 Å². The number of carboxylic acids is 1. The molecule has 26 heavy (non-hydrogen) atoms. The van der Waals surface area contributed by atoms with E-state index in [1.54, 1.807) is 6.92 Å². The molecule has 0 bridgehead atoms. The zero-order valence-electron chi connectivity index (χ0n) is 17.1. The number of β-amino-alcohol motifs (C(OH)–C–C–N with tert-alkyl or cyclic N) is 2. The lowest BCUT2D eigenvalue weighted by Gasteiger charge is -2.26. The molecule has 0 aromatic carbocycles. The summed E-state index contributed by atoms with van der Waals surface area (Å²) in [6, 6.07) is 0. The lowest BCUT2D eigenvalue weighted by Crippen LogP contribution is -2.51. The van der Waals surface area contributed by atoms with Crippen LogP contribution in [0.25, 0.3) is 0 Å². The molecule has 0 rings (SSSR count). The van der Waals surface area contributed by atoms with Crippen molar-refractivity contribution in [2.75, 3.05) is 6.54 Å². The Bertz CT molecular complexity index is 336. The highest BCUT2D eigenvalue weighted by molar-refractivity contribution is 5.78. The lowest BCUT2D eigenvalue weighted by molar-refractivity contribution is -0.145. The summed E-state index contributed by atoms with van der Waals surface area (Å²) < 4.78 is 0. The van der Waals surface area contributed by atoms with Gasteiger partial charge in [0.2, 0.25) is 0 Å². The molecule has 0 saturated carbocycles. The van der Waals surface area contributed by atoms with E-state index in [0.717, 1.165) is 19.3 Å². The molecular formula is C21H43NO4. The smallest absolute Gasteiger partial charge is 0.323 e. The van der Waals surface area contributed by atoms with E-state index in [0.29, 0.717) is 6.42 Å². The molecule has 0 aromatic rings. The molecule has 5 nitrogen and oxygen atoms in total. The minimum absolute atomic E-state index is 0.124. The van der Waals surface area contributed by atoms with Crippen molar-refractivity contribution in [1.29, 1.82) is 0 Å². The highest BCUT2D eigenvalue weighted by Crippen LogP contribution is 2.17. The van der Waals surface area contributed by atoms with Crippen LogP contribution in [0.5, 0.6) is 0 Å². The molecule has 1 unspecified atom stereocenters. The van der Waals surface area contributed by atoms with Gasteiger partial charge in [0.05, 0.1) is 0 Å². The Labute approximate surface area is 160 Å². The molecule has 4 N–H and O–H groups in total. The minimum Gasteiger partial charge on any atom is -0.480 e.